The molecule has 0 amide bonds. The molecule has 2 aliphatic heterocycles. The largest absolute Gasteiger partial charge is 0.368 e. The van der Waals surface area contributed by atoms with Crippen molar-refractivity contribution < 1.29 is 0 Å². The molecule has 15 heavy (non-hydrogen) atoms. The van der Waals surface area contributed by atoms with E-state index in [9.17, 15) is 0 Å². The van der Waals surface area contributed by atoms with Gasteiger partial charge in [-0.25, -0.2) is 0 Å². The molecule has 0 saturated carbocycles. The van der Waals surface area contributed by atoms with Crippen LogP contribution in [0.15, 0.2) is 22.9 Å². The Hall–Kier alpha value is -0.610. The molecule has 0 bridgehead atoms. The third-order valence-corrected chi connectivity index (χ3v) is 3.85. The molecule has 0 aromatic carbocycles. The van der Waals surface area contributed by atoms with Gasteiger partial charge in [0, 0.05) is 29.8 Å². The zero-order valence-corrected chi connectivity index (χ0v) is 10.1. The Morgan fingerprint density at radius 3 is 3.13 bits per heavy atom. The molecule has 0 spiro atoms. The number of nitrogens with one attached hydrogen (secondary N) is 1. The van der Waals surface area contributed by atoms with Crippen LogP contribution >= 0.6 is 15.9 Å². The second-order valence-electron chi connectivity index (χ2n) is 4.38. The first-order valence-electron chi connectivity index (χ1n) is 5.42. The molecule has 0 unspecified atom stereocenters. The molecule has 0 aliphatic carbocycles. The Bertz CT molecular complexity index is 357. The van der Waals surface area contributed by atoms with Gasteiger partial charge in [0.2, 0.25) is 0 Å². The fraction of sp³-hybridized carbons (Fsp3) is 0.545. The quantitative estimate of drug-likeness (QED) is 0.839. The summed E-state index contributed by atoms with van der Waals surface area (Å²) in [4.78, 5) is 6.64. The Morgan fingerprint density at radius 1 is 1.40 bits per heavy atom. The minimum atomic E-state index is 0.698. The van der Waals surface area contributed by atoms with Crippen molar-refractivity contribution in [3.8, 4) is 0 Å². The van der Waals surface area contributed by atoms with Gasteiger partial charge in [0.05, 0.1) is 11.9 Å². The Kier molecular flexibility index (Phi) is 2.41. The zero-order chi connectivity index (χ0) is 10.3. The van der Waals surface area contributed by atoms with E-state index in [1.54, 1.807) is 0 Å². The van der Waals surface area contributed by atoms with Gasteiger partial charge in [0.25, 0.3) is 0 Å². The van der Waals surface area contributed by atoms with Crippen LogP contribution in [0, 0.1) is 5.92 Å². The van der Waals surface area contributed by atoms with E-state index in [1.807, 2.05) is 12.4 Å². The van der Waals surface area contributed by atoms with Gasteiger partial charge in [-0.3, -0.25) is 4.98 Å². The maximum Gasteiger partial charge on any atom is 0.0564 e. The zero-order valence-electron chi connectivity index (χ0n) is 8.49. The normalized spacial score (nSPS) is 29.5. The fourth-order valence-corrected chi connectivity index (χ4v) is 2.99. The average molecular weight is 268 g/mol. The van der Waals surface area contributed by atoms with Crippen molar-refractivity contribution in [1.29, 1.82) is 0 Å². The highest BCUT2D eigenvalue weighted by molar-refractivity contribution is 9.10. The Morgan fingerprint density at radius 2 is 2.33 bits per heavy atom. The van der Waals surface area contributed by atoms with E-state index in [0.717, 1.165) is 16.9 Å². The van der Waals surface area contributed by atoms with Crippen LogP contribution in [0.25, 0.3) is 0 Å². The lowest BCUT2D eigenvalue weighted by Crippen LogP contribution is -2.30. The van der Waals surface area contributed by atoms with Crippen LogP contribution in [0.4, 0.5) is 5.69 Å². The topological polar surface area (TPSA) is 28.2 Å². The van der Waals surface area contributed by atoms with Gasteiger partial charge in [-0.05, 0) is 40.9 Å². The molecule has 0 radical (unpaired) electrons. The molecule has 1 N–H and O–H groups in total. The average Bonchev–Trinajstić information content (AvgIpc) is 2.76. The summed E-state index contributed by atoms with van der Waals surface area (Å²) < 4.78 is 1.06. The van der Waals surface area contributed by atoms with Crippen molar-refractivity contribution in [2.45, 2.75) is 12.5 Å². The lowest BCUT2D eigenvalue weighted by Gasteiger charge is -2.19. The number of pyridine rings is 1. The van der Waals surface area contributed by atoms with Crippen LogP contribution in [0.1, 0.15) is 6.42 Å². The molecule has 3 nitrogen and oxygen atoms in total. The maximum absolute atomic E-state index is 4.21. The van der Waals surface area contributed by atoms with E-state index < -0.39 is 0 Å². The summed E-state index contributed by atoms with van der Waals surface area (Å²) >= 11 is 3.47. The van der Waals surface area contributed by atoms with E-state index in [-0.39, 0.29) is 0 Å². The number of hydrogen-bond acceptors (Lipinski definition) is 3. The predicted octanol–water partition coefficient (Wildman–Crippen LogP) is 1.64. The van der Waals surface area contributed by atoms with Crippen LogP contribution in [0.5, 0.6) is 0 Å². The minimum Gasteiger partial charge on any atom is -0.368 e. The van der Waals surface area contributed by atoms with Crippen LogP contribution in [0.2, 0.25) is 0 Å². The van der Waals surface area contributed by atoms with Crippen LogP contribution in [-0.4, -0.2) is 30.7 Å². The van der Waals surface area contributed by atoms with Crippen molar-refractivity contribution in [3.05, 3.63) is 22.9 Å². The molecule has 1 aromatic heterocycles. The minimum absolute atomic E-state index is 0.698. The van der Waals surface area contributed by atoms with Crippen molar-refractivity contribution in [3.63, 3.8) is 0 Å². The van der Waals surface area contributed by atoms with E-state index >= 15 is 0 Å². The highest BCUT2D eigenvalue weighted by Crippen LogP contribution is 2.29. The van der Waals surface area contributed by atoms with E-state index in [2.05, 4.69) is 37.2 Å². The first kappa shape index (κ1) is 9.60. The van der Waals surface area contributed by atoms with Gasteiger partial charge in [0.1, 0.15) is 0 Å². The second kappa shape index (κ2) is 3.76. The molecular formula is C11H14BrN3. The molecule has 80 valence electrons. The molecule has 3 rings (SSSR count). The van der Waals surface area contributed by atoms with Gasteiger partial charge in [-0.15, -0.1) is 0 Å². The molecule has 2 saturated heterocycles. The number of halogens is 1. The summed E-state index contributed by atoms with van der Waals surface area (Å²) in [6.07, 6.45) is 5.10. The summed E-state index contributed by atoms with van der Waals surface area (Å²) in [6, 6.07) is 2.85. The molecule has 4 heteroatoms. The number of rotatable bonds is 1. The highest BCUT2D eigenvalue weighted by Gasteiger charge is 2.35. The lowest BCUT2D eigenvalue weighted by molar-refractivity contribution is 0.556. The Balaban J connectivity index is 1.79. The lowest BCUT2D eigenvalue weighted by atomic mass is 10.1. The first-order valence-corrected chi connectivity index (χ1v) is 6.21. The molecular weight excluding hydrogens is 254 g/mol. The smallest absolute Gasteiger partial charge is 0.0564 e. The molecule has 1 aromatic rings. The molecule has 2 aliphatic rings. The van der Waals surface area contributed by atoms with Crippen molar-refractivity contribution in [2.75, 3.05) is 24.5 Å². The highest BCUT2D eigenvalue weighted by atomic mass is 79.9. The van der Waals surface area contributed by atoms with Crippen molar-refractivity contribution in [1.82, 2.24) is 10.3 Å². The van der Waals surface area contributed by atoms with Gasteiger partial charge >= 0.3 is 0 Å². The summed E-state index contributed by atoms with van der Waals surface area (Å²) in [5, 5.41) is 3.56. The number of hydrogen-bond donors (Lipinski definition) is 1. The maximum atomic E-state index is 4.21. The first-order chi connectivity index (χ1) is 7.33. The Labute approximate surface area is 98.0 Å². The van der Waals surface area contributed by atoms with Gasteiger partial charge in [-0.1, -0.05) is 0 Å². The summed E-state index contributed by atoms with van der Waals surface area (Å²) in [6.45, 7) is 3.50. The predicted molar refractivity (Wildman–Crippen MR) is 64.0 cm³/mol. The number of aromatic nitrogens is 1. The monoisotopic (exact) mass is 267 g/mol. The van der Waals surface area contributed by atoms with E-state index in [0.29, 0.717) is 6.04 Å². The SMILES string of the molecule is Brc1cncc(N2C[C@@H]3CCN[C@@H]3C2)c1. The standard InChI is InChI=1S/C11H14BrN3/c12-9-3-10(5-13-4-9)15-6-8-1-2-14-11(8)7-15/h3-5,8,11,14H,1-2,6-7H2/t8-,11+/m0/s1. The number of anilines is 1. The van der Waals surface area contributed by atoms with E-state index in [4.69, 9.17) is 0 Å². The summed E-state index contributed by atoms with van der Waals surface area (Å²) in [5.41, 5.74) is 1.24. The second-order valence-corrected chi connectivity index (χ2v) is 5.29. The van der Waals surface area contributed by atoms with Crippen LogP contribution < -0.4 is 10.2 Å². The third kappa shape index (κ3) is 1.76. The molecule has 3 heterocycles. The van der Waals surface area contributed by atoms with Crippen molar-refractivity contribution >= 4 is 21.6 Å². The summed E-state index contributed by atoms with van der Waals surface area (Å²) in [5.74, 6) is 0.837. The molecule has 2 fully saturated rings. The van der Waals surface area contributed by atoms with Crippen LogP contribution in [-0.2, 0) is 0 Å². The summed E-state index contributed by atoms with van der Waals surface area (Å²) in [7, 11) is 0. The van der Waals surface area contributed by atoms with Crippen LogP contribution in [0.3, 0.4) is 0 Å². The molecule has 2 atom stereocenters. The van der Waals surface area contributed by atoms with Gasteiger partial charge < -0.3 is 10.2 Å². The third-order valence-electron chi connectivity index (χ3n) is 3.42. The van der Waals surface area contributed by atoms with Gasteiger partial charge in [-0.2, -0.15) is 0 Å². The number of nitrogens with zero attached hydrogens (tertiary/aromatic N) is 2. The van der Waals surface area contributed by atoms with E-state index in [1.165, 1.54) is 25.2 Å². The fourth-order valence-electron chi connectivity index (χ4n) is 2.63. The number of fused-ring (bicyclic) bond motifs is 1. The van der Waals surface area contributed by atoms with Gasteiger partial charge in [0.15, 0.2) is 0 Å². The van der Waals surface area contributed by atoms with Crippen molar-refractivity contribution in [2.24, 2.45) is 5.92 Å².